The SMILES string of the molecule is CC(=O)NS(=O)(=O)c1ccc(NC(=O)C2CCCN(C(=O)NCc3cccs3)C2)cc1. The Hall–Kier alpha value is -2.92. The average Bonchev–Trinajstić information content (AvgIpc) is 3.25. The summed E-state index contributed by atoms with van der Waals surface area (Å²) in [6.07, 6.45) is 1.38. The van der Waals surface area contributed by atoms with E-state index >= 15 is 0 Å². The molecule has 1 aliphatic heterocycles. The number of sulfonamides is 1. The molecule has 2 heterocycles. The molecule has 2 aromatic rings. The summed E-state index contributed by atoms with van der Waals surface area (Å²) in [6.45, 7) is 2.48. The van der Waals surface area contributed by atoms with Gasteiger partial charge in [-0.25, -0.2) is 17.9 Å². The third kappa shape index (κ3) is 6.28. The zero-order chi connectivity index (χ0) is 22.4. The molecule has 1 unspecified atom stereocenters. The van der Waals surface area contributed by atoms with E-state index in [0.717, 1.165) is 18.2 Å². The van der Waals surface area contributed by atoms with E-state index in [9.17, 15) is 22.8 Å². The molecule has 31 heavy (non-hydrogen) atoms. The number of benzene rings is 1. The maximum atomic E-state index is 12.7. The summed E-state index contributed by atoms with van der Waals surface area (Å²) in [5.74, 6) is -1.27. The second-order valence-electron chi connectivity index (χ2n) is 7.20. The Balaban J connectivity index is 1.55. The van der Waals surface area contributed by atoms with Gasteiger partial charge in [-0.3, -0.25) is 9.59 Å². The highest BCUT2D eigenvalue weighted by Gasteiger charge is 2.28. The summed E-state index contributed by atoms with van der Waals surface area (Å²) in [4.78, 5) is 38.7. The van der Waals surface area contributed by atoms with Gasteiger partial charge in [0.25, 0.3) is 10.0 Å². The Morgan fingerprint density at radius 3 is 2.55 bits per heavy atom. The summed E-state index contributed by atoms with van der Waals surface area (Å²) in [7, 11) is -3.93. The van der Waals surface area contributed by atoms with Crippen LogP contribution in [0, 0.1) is 5.92 Å². The molecule has 0 bridgehead atoms. The Morgan fingerprint density at radius 2 is 1.90 bits per heavy atom. The van der Waals surface area contributed by atoms with Gasteiger partial charge in [0, 0.05) is 30.6 Å². The first-order valence-corrected chi connectivity index (χ1v) is 12.1. The van der Waals surface area contributed by atoms with Crippen molar-refractivity contribution >= 4 is 44.9 Å². The largest absolute Gasteiger partial charge is 0.333 e. The lowest BCUT2D eigenvalue weighted by molar-refractivity contribution is -0.121. The lowest BCUT2D eigenvalue weighted by Gasteiger charge is -2.32. The van der Waals surface area contributed by atoms with Crippen molar-refractivity contribution in [2.24, 2.45) is 5.92 Å². The Kier molecular flexibility index (Phi) is 7.29. The number of nitrogens with zero attached hydrogens (tertiary/aromatic N) is 1. The zero-order valence-corrected chi connectivity index (χ0v) is 18.6. The highest BCUT2D eigenvalue weighted by atomic mass is 32.2. The summed E-state index contributed by atoms with van der Waals surface area (Å²) in [5, 5.41) is 7.59. The van der Waals surface area contributed by atoms with Crippen molar-refractivity contribution in [2.45, 2.75) is 31.2 Å². The molecule has 3 N–H and O–H groups in total. The molecule has 1 aliphatic rings. The lowest BCUT2D eigenvalue weighted by Crippen LogP contribution is -2.47. The van der Waals surface area contributed by atoms with E-state index in [0.29, 0.717) is 31.7 Å². The van der Waals surface area contributed by atoms with E-state index in [4.69, 9.17) is 0 Å². The van der Waals surface area contributed by atoms with Crippen LogP contribution >= 0.6 is 11.3 Å². The number of hydrogen-bond donors (Lipinski definition) is 3. The molecule has 3 rings (SSSR count). The fourth-order valence-electron chi connectivity index (χ4n) is 3.27. The number of piperidine rings is 1. The van der Waals surface area contributed by atoms with Crippen LogP contribution < -0.4 is 15.4 Å². The Labute approximate surface area is 184 Å². The first-order valence-electron chi connectivity index (χ1n) is 9.74. The lowest BCUT2D eigenvalue weighted by atomic mass is 9.97. The summed E-state index contributed by atoms with van der Waals surface area (Å²) < 4.78 is 25.9. The van der Waals surface area contributed by atoms with Crippen LogP contribution in [-0.4, -0.2) is 44.3 Å². The number of thiophene rings is 1. The number of anilines is 1. The zero-order valence-electron chi connectivity index (χ0n) is 17.0. The van der Waals surface area contributed by atoms with Crippen molar-refractivity contribution in [3.05, 3.63) is 46.7 Å². The maximum absolute atomic E-state index is 12.7. The number of urea groups is 1. The van der Waals surface area contributed by atoms with Gasteiger partial charge in [-0.1, -0.05) is 6.07 Å². The van der Waals surface area contributed by atoms with Crippen LogP contribution in [0.3, 0.4) is 0 Å². The first-order chi connectivity index (χ1) is 14.7. The van der Waals surface area contributed by atoms with Crippen LogP contribution in [0.15, 0.2) is 46.7 Å². The molecule has 1 fully saturated rings. The van der Waals surface area contributed by atoms with Crippen molar-refractivity contribution in [1.82, 2.24) is 14.9 Å². The quantitative estimate of drug-likeness (QED) is 0.604. The molecule has 1 aromatic carbocycles. The fourth-order valence-corrected chi connectivity index (χ4v) is 4.91. The van der Waals surface area contributed by atoms with Gasteiger partial charge in [0.2, 0.25) is 11.8 Å². The molecule has 0 saturated carbocycles. The fraction of sp³-hybridized carbons (Fsp3) is 0.350. The van der Waals surface area contributed by atoms with E-state index in [2.05, 4.69) is 10.6 Å². The number of hydrogen-bond acceptors (Lipinski definition) is 6. The smallest absolute Gasteiger partial charge is 0.317 e. The number of amides is 4. The molecule has 9 nitrogen and oxygen atoms in total. The molecule has 4 amide bonds. The average molecular weight is 465 g/mol. The second kappa shape index (κ2) is 9.92. The van der Waals surface area contributed by atoms with Gasteiger partial charge >= 0.3 is 6.03 Å². The molecule has 1 atom stereocenters. The number of likely N-dealkylation sites (tertiary alicyclic amines) is 1. The van der Waals surface area contributed by atoms with Crippen LogP contribution in [-0.2, 0) is 26.2 Å². The van der Waals surface area contributed by atoms with Crippen molar-refractivity contribution in [3.8, 4) is 0 Å². The van der Waals surface area contributed by atoms with Gasteiger partial charge < -0.3 is 15.5 Å². The molecule has 0 aliphatic carbocycles. The number of rotatable bonds is 6. The van der Waals surface area contributed by atoms with E-state index in [1.54, 1.807) is 16.2 Å². The van der Waals surface area contributed by atoms with E-state index in [1.807, 2.05) is 22.2 Å². The van der Waals surface area contributed by atoms with Crippen LogP contribution in [0.4, 0.5) is 10.5 Å². The number of carbonyl (C=O) groups excluding carboxylic acids is 3. The van der Waals surface area contributed by atoms with Crippen LogP contribution in [0.2, 0.25) is 0 Å². The summed E-state index contributed by atoms with van der Waals surface area (Å²) in [5.41, 5.74) is 0.436. The standard InChI is InChI=1S/C20H24N4O5S2/c1-14(25)23-31(28,29)18-8-6-16(7-9-18)22-19(26)15-4-2-10-24(13-15)20(27)21-12-17-5-3-11-30-17/h3,5-9,11,15H,2,4,10,12-13H2,1H3,(H,21,27)(H,22,26)(H,23,25). The highest BCUT2D eigenvalue weighted by molar-refractivity contribution is 7.90. The van der Waals surface area contributed by atoms with Crippen LogP contribution in [0.1, 0.15) is 24.6 Å². The van der Waals surface area contributed by atoms with E-state index < -0.39 is 15.9 Å². The summed E-state index contributed by atoms with van der Waals surface area (Å²) >= 11 is 1.57. The Bertz CT molecular complexity index is 1040. The van der Waals surface area contributed by atoms with Gasteiger partial charge in [0.1, 0.15) is 0 Å². The highest BCUT2D eigenvalue weighted by Crippen LogP contribution is 2.20. The van der Waals surface area contributed by atoms with Gasteiger partial charge in [0.05, 0.1) is 17.4 Å². The third-order valence-corrected chi connectivity index (χ3v) is 7.11. The molecule has 0 radical (unpaired) electrons. The molecule has 1 saturated heterocycles. The molecule has 0 spiro atoms. The minimum atomic E-state index is -3.93. The first kappa shape index (κ1) is 22.8. The number of carbonyl (C=O) groups is 3. The topological polar surface area (TPSA) is 125 Å². The van der Waals surface area contributed by atoms with E-state index in [-0.39, 0.29) is 22.8 Å². The van der Waals surface area contributed by atoms with Crippen molar-refractivity contribution in [3.63, 3.8) is 0 Å². The molecule has 1 aromatic heterocycles. The van der Waals surface area contributed by atoms with Gasteiger partial charge in [0.15, 0.2) is 0 Å². The Morgan fingerprint density at radius 1 is 1.16 bits per heavy atom. The van der Waals surface area contributed by atoms with Crippen LogP contribution in [0.5, 0.6) is 0 Å². The maximum Gasteiger partial charge on any atom is 0.317 e. The normalized spacial score (nSPS) is 16.4. The number of nitrogens with one attached hydrogen (secondary N) is 3. The molecule has 166 valence electrons. The van der Waals surface area contributed by atoms with Gasteiger partial charge in [-0.05, 0) is 48.6 Å². The molecular weight excluding hydrogens is 440 g/mol. The van der Waals surface area contributed by atoms with Crippen molar-refractivity contribution in [1.29, 1.82) is 0 Å². The van der Waals surface area contributed by atoms with Gasteiger partial charge in [-0.15, -0.1) is 11.3 Å². The monoisotopic (exact) mass is 464 g/mol. The van der Waals surface area contributed by atoms with E-state index in [1.165, 1.54) is 24.3 Å². The summed E-state index contributed by atoms with van der Waals surface area (Å²) in [6, 6.07) is 9.22. The van der Waals surface area contributed by atoms with Crippen molar-refractivity contribution in [2.75, 3.05) is 18.4 Å². The molecular formula is C20H24N4O5S2. The van der Waals surface area contributed by atoms with Crippen molar-refractivity contribution < 1.29 is 22.8 Å². The molecule has 11 heteroatoms. The van der Waals surface area contributed by atoms with Crippen LogP contribution in [0.25, 0.3) is 0 Å². The predicted molar refractivity (Wildman–Crippen MR) is 117 cm³/mol. The minimum absolute atomic E-state index is 0.0769. The predicted octanol–water partition coefficient (Wildman–Crippen LogP) is 2.13. The second-order valence-corrected chi connectivity index (χ2v) is 9.91. The third-order valence-electron chi connectivity index (χ3n) is 4.78. The van der Waals surface area contributed by atoms with Gasteiger partial charge in [-0.2, -0.15) is 0 Å². The minimum Gasteiger partial charge on any atom is -0.333 e.